The fourth-order valence-corrected chi connectivity index (χ4v) is 4.95. The summed E-state index contributed by atoms with van der Waals surface area (Å²) in [6, 6.07) is 3.63. The second-order valence-electron chi connectivity index (χ2n) is 6.90. The van der Waals surface area contributed by atoms with Crippen LogP contribution >= 0.6 is 0 Å². The molecule has 1 aromatic rings. The van der Waals surface area contributed by atoms with Gasteiger partial charge in [0.15, 0.2) is 0 Å². The second-order valence-corrected chi connectivity index (χ2v) is 8.90. The minimum atomic E-state index is -3.77. The molecule has 27 heavy (non-hydrogen) atoms. The van der Waals surface area contributed by atoms with Crippen LogP contribution in [-0.2, 0) is 20.4 Å². The molecule has 3 rings (SSSR count). The molecule has 1 unspecified atom stereocenters. The van der Waals surface area contributed by atoms with Gasteiger partial charge in [-0.25, -0.2) is 13.2 Å². The number of carbonyl (C=O) groups excluding carboxylic acids is 2. The summed E-state index contributed by atoms with van der Waals surface area (Å²) < 4.78 is 32.9. The molecule has 2 saturated heterocycles. The van der Waals surface area contributed by atoms with Crippen molar-refractivity contribution in [3.05, 3.63) is 23.8 Å². The van der Waals surface area contributed by atoms with Gasteiger partial charge in [-0.15, -0.1) is 0 Å². The number of sulfonamides is 1. The van der Waals surface area contributed by atoms with E-state index in [0.29, 0.717) is 5.75 Å². The van der Waals surface area contributed by atoms with Crippen LogP contribution in [-0.4, -0.2) is 58.0 Å². The van der Waals surface area contributed by atoms with Gasteiger partial charge in [-0.1, -0.05) is 0 Å². The van der Waals surface area contributed by atoms with Crippen molar-refractivity contribution in [2.45, 2.75) is 36.2 Å². The molecule has 2 aliphatic heterocycles. The van der Waals surface area contributed by atoms with Crippen molar-refractivity contribution < 1.29 is 22.7 Å². The highest BCUT2D eigenvalue weighted by atomic mass is 32.2. The van der Waals surface area contributed by atoms with Crippen LogP contribution in [0.4, 0.5) is 4.79 Å². The molecule has 1 aromatic carbocycles. The van der Waals surface area contributed by atoms with Gasteiger partial charge < -0.3 is 15.4 Å². The predicted molar refractivity (Wildman–Crippen MR) is 97.9 cm³/mol. The van der Waals surface area contributed by atoms with Gasteiger partial charge in [0.25, 0.3) is 5.91 Å². The predicted octanol–water partition coefficient (Wildman–Crippen LogP) is 0.122. The fourth-order valence-electron chi connectivity index (χ4n) is 3.50. The summed E-state index contributed by atoms with van der Waals surface area (Å²) in [6.45, 7) is 3.04. The summed E-state index contributed by atoms with van der Waals surface area (Å²) >= 11 is 0. The Bertz CT molecular complexity index is 866. The smallest absolute Gasteiger partial charge is 0.322 e. The molecule has 9 nitrogen and oxygen atoms in total. The lowest BCUT2D eigenvalue weighted by Gasteiger charge is -2.31. The van der Waals surface area contributed by atoms with E-state index in [2.05, 4.69) is 16.0 Å². The molecule has 2 fully saturated rings. The topological polar surface area (TPSA) is 117 Å². The van der Waals surface area contributed by atoms with Gasteiger partial charge >= 0.3 is 6.03 Å². The molecular formula is C17H24N4O5S. The molecule has 2 aliphatic rings. The second kappa shape index (κ2) is 7.10. The quantitative estimate of drug-likeness (QED) is 0.609. The van der Waals surface area contributed by atoms with Crippen LogP contribution in [0.2, 0.25) is 0 Å². The maximum Gasteiger partial charge on any atom is 0.322 e. The van der Waals surface area contributed by atoms with Crippen molar-refractivity contribution in [1.29, 1.82) is 0 Å². The Labute approximate surface area is 158 Å². The first kappa shape index (κ1) is 19.6. The average Bonchev–Trinajstić information content (AvgIpc) is 2.93. The number of nitrogens with one attached hydrogen (secondary N) is 3. The van der Waals surface area contributed by atoms with Crippen molar-refractivity contribution in [2.75, 3.05) is 27.2 Å². The number of piperidine rings is 1. The SMILES string of the molecule is COc1ccc(S(=O)(=O)N(C)C2CCNCC2)cc1C1(C)NC(=O)NC1=O. The lowest BCUT2D eigenvalue weighted by atomic mass is 9.91. The van der Waals surface area contributed by atoms with E-state index in [1.807, 2.05) is 0 Å². The van der Waals surface area contributed by atoms with E-state index in [4.69, 9.17) is 4.74 Å². The van der Waals surface area contributed by atoms with E-state index in [0.717, 1.165) is 25.9 Å². The van der Waals surface area contributed by atoms with Gasteiger partial charge in [0.05, 0.1) is 12.0 Å². The Kier molecular flexibility index (Phi) is 5.15. The molecule has 3 N–H and O–H groups in total. The Morgan fingerprint density at radius 1 is 1.22 bits per heavy atom. The van der Waals surface area contributed by atoms with E-state index in [9.17, 15) is 18.0 Å². The summed E-state index contributed by atoms with van der Waals surface area (Å²) in [6.07, 6.45) is 1.46. The van der Waals surface area contributed by atoms with Crippen molar-refractivity contribution in [3.8, 4) is 5.75 Å². The highest BCUT2D eigenvalue weighted by molar-refractivity contribution is 7.89. The molecule has 0 saturated carbocycles. The van der Waals surface area contributed by atoms with E-state index in [-0.39, 0.29) is 16.5 Å². The highest BCUT2D eigenvalue weighted by Gasteiger charge is 2.46. The minimum Gasteiger partial charge on any atom is -0.496 e. The standard InChI is InChI=1S/C17H24N4O5S/c1-17(15(22)19-16(23)20-17)13-10-12(4-5-14(13)26-3)27(24,25)21(2)11-6-8-18-9-7-11/h4-5,10-11,18H,6-9H2,1-3H3,(H2,19,20,22,23). The monoisotopic (exact) mass is 396 g/mol. The zero-order chi connectivity index (χ0) is 19.8. The van der Waals surface area contributed by atoms with E-state index in [1.54, 1.807) is 7.05 Å². The van der Waals surface area contributed by atoms with Crippen LogP contribution in [0.5, 0.6) is 5.75 Å². The third-order valence-electron chi connectivity index (χ3n) is 5.25. The minimum absolute atomic E-state index is 0.0505. The summed E-state index contributed by atoms with van der Waals surface area (Å²) in [4.78, 5) is 24.0. The van der Waals surface area contributed by atoms with Gasteiger partial charge in [0.1, 0.15) is 11.3 Å². The van der Waals surface area contributed by atoms with Gasteiger partial charge in [-0.2, -0.15) is 4.31 Å². The largest absolute Gasteiger partial charge is 0.496 e. The molecule has 3 amide bonds. The zero-order valence-corrected chi connectivity index (χ0v) is 16.4. The summed E-state index contributed by atoms with van der Waals surface area (Å²) in [7, 11) is -0.775. The van der Waals surface area contributed by atoms with Crippen molar-refractivity contribution in [1.82, 2.24) is 20.3 Å². The van der Waals surface area contributed by atoms with E-state index >= 15 is 0 Å². The van der Waals surface area contributed by atoms with Crippen LogP contribution in [0.3, 0.4) is 0 Å². The van der Waals surface area contributed by atoms with Gasteiger partial charge in [0.2, 0.25) is 10.0 Å². The van der Waals surface area contributed by atoms with Crippen LogP contribution in [0, 0.1) is 0 Å². The van der Waals surface area contributed by atoms with Gasteiger partial charge in [0, 0.05) is 18.7 Å². The number of imide groups is 1. The summed E-state index contributed by atoms with van der Waals surface area (Å²) in [5, 5.41) is 7.94. The van der Waals surface area contributed by atoms with Crippen molar-refractivity contribution in [2.24, 2.45) is 0 Å². The molecular weight excluding hydrogens is 372 g/mol. The molecule has 0 aromatic heterocycles. The third kappa shape index (κ3) is 3.40. The number of ether oxygens (including phenoxy) is 1. The van der Waals surface area contributed by atoms with Crippen molar-refractivity contribution in [3.63, 3.8) is 0 Å². The number of carbonyl (C=O) groups is 2. The van der Waals surface area contributed by atoms with E-state index in [1.165, 1.54) is 36.5 Å². The van der Waals surface area contributed by atoms with Crippen LogP contribution < -0.4 is 20.7 Å². The number of hydrogen-bond acceptors (Lipinski definition) is 6. The molecule has 0 spiro atoms. The molecule has 148 valence electrons. The first-order chi connectivity index (χ1) is 12.7. The van der Waals surface area contributed by atoms with Crippen LogP contribution in [0.15, 0.2) is 23.1 Å². The lowest BCUT2D eigenvalue weighted by Crippen LogP contribution is -2.44. The number of urea groups is 1. The highest BCUT2D eigenvalue weighted by Crippen LogP contribution is 2.35. The fraction of sp³-hybridized carbons (Fsp3) is 0.529. The summed E-state index contributed by atoms with van der Waals surface area (Å²) in [5.41, 5.74) is -1.13. The molecule has 2 heterocycles. The Morgan fingerprint density at radius 2 is 1.89 bits per heavy atom. The van der Waals surface area contributed by atoms with Crippen LogP contribution in [0.1, 0.15) is 25.3 Å². The Balaban J connectivity index is 2.02. The maximum atomic E-state index is 13.1. The Hall–Kier alpha value is -2.17. The van der Waals surface area contributed by atoms with Crippen LogP contribution in [0.25, 0.3) is 0 Å². The first-order valence-corrected chi connectivity index (χ1v) is 10.1. The maximum absolute atomic E-state index is 13.1. The molecule has 0 bridgehead atoms. The first-order valence-electron chi connectivity index (χ1n) is 8.71. The number of benzene rings is 1. The normalized spacial score (nSPS) is 24.0. The molecule has 10 heteroatoms. The molecule has 0 radical (unpaired) electrons. The van der Waals surface area contributed by atoms with E-state index < -0.39 is 27.5 Å². The van der Waals surface area contributed by atoms with Crippen molar-refractivity contribution >= 4 is 22.0 Å². The zero-order valence-electron chi connectivity index (χ0n) is 15.5. The third-order valence-corrected chi connectivity index (χ3v) is 7.16. The number of amides is 3. The number of methoxy groups -OCH3 is 1. The summed E-state index contributed by atoms with van der Waals surface area (Å²) in [5.74, 6) is -0.245. The number of nitrogens with zero attached hydrogens (tertiary/aromatic N) is 1. The molecule has 0 aliphatic carbocycles. The number of hydrogen-bond donors (Lipinski definition) is 3. The average molecular weight is 396 g/mol. The van der Waals surface area contributed by atoms with Gasteiger partial charge in [-0.05, 0) is 51.1 Å². The molecule has 1 atom stereocenters. The number of rotatable bonds is 5. The Morgan fingerprint density at radius 3 is 2.44 bits per heavy atom. The van der Waals surface area contributed by atoms with Gasteiger partial charge in [-0.3, -0.25) is 10.1 Å². The lowest BCUT2D eigenvalue weighted by molar-refractivity contribution is -0.123.